The van der Waals surface area contributed by atoms with Gasteiger partial charge in [0.2, 0.25) is 0 Å². The molecule has 5 nitrogen and oxygen atoms in total. The van der Waals surface area contributed by atoms with E-state index in [4.69, 9.17) is 4.74 Å². The van der Waals surface area contributed by atoms with Crippen LogP contribution in [0.15, 0.2) is 12.4 Å². The SMILES string of the molecule is COCC(NCC(C)(O)c1cnn(C)c1)C(C)C. The third-order valence-electron chi connectivity index (χ3n) is 3.19. The van der Waals surface area contributed by atoms with E-state index >= 15 is 0 Å². The summed E-state index contributed by atoms with van der Waals surface area (Å²) in [7, 11) is 3.53. The summed E-state index contributed by atoms with van der Waals surface area (Å²) >= 11 is 0. The molecule has 1 aromatic rings. The molecule has 1 aromatic heterocycles. The zero-order valence-electron chi connectivity index (χ0n) is 12.0. The third-order valence-corrected chi connectivity index (χ3v) is 3.19. The maximum Gasteiger partial charge on any atom is 0.102 e. The van der Waals surface area contributed by atoms with E-state index in [0.717, 1.165) is 5.56 Å². The zero-order valence-corrected chi connectivity index (χ0v) is 12.0. The topological polar surface area (TPSA) is 59.3 Å². The third kappa shape index (κ3) is 4.08. The first-order valence-corrected chi connectivity index (χ1v) is 6.30. The number of aryl methyl sites for hydroxylation is 1. The van der Waals surface area contributed by atoms with Crippen molar-refractivity contribution in [2.24, 2.45) is 13.0 Å². The highest BCUT2D eigenvalue weighted by molar-refractivity contribution is 5.14. The lowest BCUT2D eigenvalue weighted by Gasteiger charge is -2.28. The van der Waals surface area contributed by atoms with Gasteiger partial charge in [0.05, 0.1) is 12.8 Å². The Balaban J connectivity index is 2.60. The van der Waals surface area contributed by atoms with Crippen LogP contribution in [-0.4, -0.2) is 41.2 Å². The molecule has 0 aliphatic heterocycles. The Morgan fingerprint density at radius 2 is 2.22 bits per heavy atom. The molecule has 0 bridgehead atoms. The van der Waals surface area contributed by atoms with Crippen LogP contribution in [0.4, 0.5) is 0 Å². The molecule has 0 saturated carbocycles. The molecule has 5 heteroatoms. The standard InChI is InChI=1S/C13H25N3O2/c1-10(2)12(8-18-5)14-9-13(3,17)11-6-15-16(4)7-11/h6-7,10,12,14,17H,8-9H2,1-5H3. The molecule has 0 radical (unpaired) electrons. The first-order valence-electron chi connectivity index (χ1n) is 6.30. The van der Waals surface area contributed by atoms with Crippen molar-refractivity contribution in [2.45, 2.75) is 32.4 Å². The van der Waals surface area contributed by atoms with Crippen LogP contribution in [0.1, 0.15) is 26.3 Å². The van der Waals surface area contributed by atoms with E-state index in [2.05, 4.69) is 24.3 Å². The van der Waals surface area contributed by atoms with Crippen LogP contribution in [0.25, 0.3) is 0 Å². The fourth-order valence-corrected chi connectivity index (χ4v) is 1.80. The van der Waals surface area contributed by atoms with Gasteiger partial charge in [0.1, 0.15) is 5.60 Å². The summed E-state index contributed by atoms with van der Waals surface area (Å²) < 4.78 is 6.87. The smallest absolute Gasteiger partial charge is 0.102 e. The number of aliphatic hydroxyl groups is 1. The summed E-state index contributed by atoms with van der Waals surface area (Å²) in [5.41, 5.74) is -0.104. The van der Waals surface area contributed by atoms with Crippen molar-refractivity contribution < 1.29 is 9.84 Å². The second kappa shape index (κ2) is 6.31. The van der Waals surface area contributed by atoms with Gasteiger partial charge in [-0.1, -0.05) is 13.8 Å². The molecule has 2 unspecified atom stereocenters. The Morgan fingerprint density at radius 1 is 1.56 bits per heavy atom. The molecule has 0 aromatic carbocycles. The van der Waals surface area contributed by atoms with Gasteiger partial charge in [-0.2, -0.15) is 5.10 Å². The zero-order chi connectivity index (χ0) is 13.8. The molecule has 0 amide bonds. The van der Waals surface area contributed by atoms with Gasteiger partial charge in [-0.15, -0.1) is 0 Å². The van der Waals surface area contributed by atoms with E-state index < -0.39 is 5.60 Å². The quantitative estimate of drug-likeness (QED) is 0.759. The summed E-state index contributed by atoms with van der Waals surface area (Å²) in [5.74, 6) is 0.453. The van der Waals surface area contributed by atoms with Crippen molar-refractivity contribution >= 4 is 0 Å². The molecule has 0 aliphatic carbocycles. The van der Waals surface area contributed by atoms with E-state index in [-0.39, 0.29) is 6.04 Å². The number of ether oxygens (including phenoxy) is 1. The molecule has 0 fully saturated rings. The van der Waals surface area contributed by atoms with Gasteiger partial charge >= 0.3 is 0 Å². The Kier molecular flexibility index (Phi) is 5.31. The van der Waals surface area contributed by atoms with Crippen LogP contribution in [0, 0.1) is 5.92 Å². The van der Waals surface area contributed by atoms with E-state index in [9.17, 15) is 5.11 Å². The number of rotatable bonds is 7. The van der Waals surface area contributed by atoms with Crippen molar-refractivity contribution in [1.82, 2.24) is 15.1 Å². The fourth-order valence-electron chi connectivity index (χ4n) is 1.80. The lowest BCUT2D eigenvalue weighted by atomic mass is 9.97. The Bertz CT molecular complexity index is 361. The normalized spacial score (nSPS) is 16.8. The maximum absolute atomic E-state index is 10.4. The molecule has 104 valence electrons. The van der Waals surface area contributed by atoms with Crippen molar-refractivity contribution in [3.63, 3.8) is 0 Å². The number of hydrogen-bond donors (Lipinski definition) is 2. The predicted octanol–water partition coefficient (Wildman–Crippen LogP) is 0.888. The molecule has 0 spiro atoms. The highest BCUT2D eigenvalue weighted by Gasteiger charge is 2.26. The number of hydrogen-bond acceptors (Lipinski definition) is 4. The molecule has 18 heavy (non-hydrogen) atoms. The minimum Gasteiger partial charge on any atom is -0.384 e. The van der Waals surface area contributed by atoms with Crippen LogP contribution in [0.5, 0.6) is 0 Å². The lowest BCUT2D eigenvalue weighted by molar-refractivity contribution is 0.0452. The predicted molar refractivity (Wildman–Crippen MR) is 71.3 cm³/mol. The summed E-state index contributed by atoms with van der Waals surface area (Å²) in [4.78, 5) is 0. The van der Waals surface area contributed by atoms with Crippen LogP contribution < -0.4 is 5.32 Å². The molecular formula is C13H25N3O2. The molecule has 1 rings (SSSR count). The van der Waals surface area contributed by atoms with Crippen molar-refractivity contribution in [3.05, 3.63) is 18.0 Å². The summed E-state index contributed by atoms with van der Waals surface area (Å²) in [6.07, 6.45) is 3.53. The van der Waals surface area contributed by atoms with E-state index in [0.29, 0.717) is 19.1 Å². The van der Waals surface area contributed by atoms with Gasteiger partial charge in [-0.3, -0.25) is 4.68 Å². The number of methoxy groups -OCH3 is 1. The Morgan fingerprint density at radius 3 is 2.67 bits per heavy atom. The lowest BCUT2D eigenvalue weighted by Crippen LogP contribution is -2.45. The maximum atomic E-state index is 10.4. The van der Waals surface area contributed by atoms with Crippen molar-refractivity contribution in [3.8, 4) is 0 Å². The van der Waals surface area contributed by atoms with E-state index in [1.165, 1.54) is 0 Å². The Labute approximate surface area is 109 Å². The molecule has 2 atom stereocenters. The monoisotopic (exact) mass is 255 g/mol. The molecular weight excluding hydrogens is 230 g/mol. The van der Waals surface area contributed by atoms with Gasteiger partial charge in [-0.05, 0) is 12.8 Å². The highest BCUT2D eigenvalue weighted by atomic mass is 16.5. The van der Waals surface area contributed by atoms with E-state index in [1.807, 2.05) is 13.2 Å². The van der Waals surface area contributed by atoms with Crippen LogP contribution in [0.3, 0.4) is 0 Å². The van der Waals surface area contributed by atoms with Gasteiger partial charge in [0.15, 0.2) is 0 Å². The molecule has 0 aliphatic rings. The fraction of sp³-hybridized carbons (Fsp3) is 0.769. The minimum absolute atomic E-state index is 0.234. The largest absolute Gasteiger partial charge is 0.384 e. The van der Waals surface area contributed by atoms with Crippen LogP contribution >= 0.6 is 0 Å². The number of nitrogens with one attached hydrogen (secondary N) is 1. The van der Waals surface area contributed by atoms with Gasteiger partial charge in [0, 0.05) is 38.5 Å². The average molecular weight is 255 g/mol. The first kappa shape index (κ1) is 15.1. The number of aromatic nitrogens is 2. The van der Waals surface area contributed by atoms with Gasteiger partial charge < -0.3 is 15.2 Å². The summed E-state index contributed by atoms with van der Waals surface area (Å²) in [5, 5.41) is 17.9. The summed E-state index contributed by atoms with van der Waals surface area (Å²) in [6, 6.07) is 0.234. The van der Waals surface area contributed by atoms with E-state index in [1.54, 1.807) is 24.9 Å². The second-order valence-corrected chi connectivity index (χ2v) is 5.36. The Hall–Kier alpha value is -0.910. The van der Waals surface area contributed by atoms with Gasteiger partial charge in [0.25, 0.3) is 0 Å². The first-order chi connectivity index (χ1) is 8.36. The van der Waals surface area contributed by atoms with Crippen LogP contribution in [0.2, 0.25) is 0 Å². The van der Waals surface area contributed by atoms with Crippen molar-refractivity contribution in [1.29, 1.82) is 0 Å². The number of nitrogens with zero attached hydrogens (tertiary/aromatic N) is 2. The molecule has 2 N–H and O–H groups in total. The summed E-state index contributed by atoms with van der Waals surface area (Å²) in [6.45, 7) is 7.18. The molecule has 1 heterocycles. The average Bonchev–Trinajstić information content (AvgIpc) is 2.71. The van der Waals surface area contributed by atoms with Crippen molar-refractivity contribution in [2.75, 3.05) is 20.3 Å². The van der Waals surface area contributed by atoms with Gasteiger partial charge in [-0.25, -0.2) is 0 Å². The highest BCUT2D eigenvalue weighted by Crippen LogP contribution is 2.19. The minimum atomic E-state index is -0.921. The second-order valence-electron chi connectivity index (χ2n) is 5.36. The molecule has 0 saturated heterocycles. The van der Waals surface area contributed by atoms with Crippen LogP contribution in [-0.2, 0) is 17.4 Å².